The van der Waals surface area contributed by atoms with E-state index in [1.807, 2.05) is 5.43 Å². The summed E-state index contributed by atoms with van der Waals surface area (Å²) in [4.78, 5) is 10.8. The Balaban J connectivity index is 2.47. The first-order valence-corrected chi connectivity index (χ1v) is 5.83. The van der Waals surface area contributed by atoms with Crippen LogP contribution in [0.4, 0.5) is 17.6 Å². The van der Waals surface area contributed by atoms with Gasteiger partial charge < -0.3 is 4.74 Å². The average molecular weight is 294 g/mol. The summed E-state index contributed by atoms with van der Waals surface area (Å²) in [6.45, 7) is 0.126. The molecule has 0 unspecified atom stereocenters. The van der Waals surface area contributed by atoms with Crippen LogP contribution in [0.1, 0.15) is 24.8 Å². The van der Waals surface area contributed by atoms with Gasteiger partial charge in [0.15, 0.2) is 0 Å². The van der Waals surface area contributed by atoms with Gasteiger partial charge >= 0.3 is 6.18 Å². The van der Waals surface area contributed by atoms with Crippen molar-refractivity contribution in [1.82, 2.24) is 5.43 Å². The lowest BCUT2D eigenvalue weighted by molar-refractivity contribution is -0.140. The van der Waals surface area contributed by atoms with Crippen LogP contribution in [-0.2, 0) is 11.0 Å². The lowest BCUT2D eigenvalue weighted by atomic mass is 10.2. The minimum absolute atomic E-state index is 0.0676. The molecule has 0 bridgehead atoms. The Hall–Kier alpha value is -1.83. The molecule has 0 radical (unpaired) electrons. The largest absolute Gasteiger partial charge is 0.494 e. The molecule has 0 heterocycles. The van der Waals surface area contributed by atoms with Crippen LogP contribution in [0.15, 0.2) is 18.2 Å². The van der Waals surface area contributed by atoms with Crippen LogP contribution in [0.2, 0.25) is 0 Å². The van der Waals surface area contributed by atoms with Crippen molar-refractivity contribution in [3.05, 3.63) is 29.6 Å². The Morgan fingerprint density at radius 2 is 2.00 bits per heavy atom. The molecule has 112 valence electrons. The fourth-order valence-corrected chi connectivity index (χ4v) is 1.46. The molecule has 0 aliphatic rings. The molecule has 1 aromatic carbocycles. The van der Waals surface area contributed by atoms with Crippen molar-refractivity contribution in [2.45, 2.75) is 25.4 Å². The molecule has 0 aliphatic carbocycles. The number of benzene rings is 1. The van der Waals surface area contributed by atoms with Gasteiger partial charge in [-0.1, -0.05) is 0 Å². The Labute approximate surface area is 112 Å². The first-order chi connectivity index (χ1) is 9.34. The second kappa shape index (κ2) is 7.09. The van der Waals surface area contributed by atoms with Crippen LogP contribution < -0.4 is 16.0 Å². The highest BCUT2D eigenvalue weighted by molar-refractivity contribution is 5.75. The van der Waals surface area contributed by atoms with Crippen molar-refractivity contribution in [3.63, 3.8) is 0 Å². The number of carbonyl (C=O) groups is 1. The highest BCUT2D eigenvalue weighted by Gasteiger charge is 2.34. The van der Waals surface area contributed by atoms with Gasteiger partial charge in [-0.25, -0.2) is 10.2 Å². The summed E-state index contributed by atoms with van der Waals surface area (Å²) < 4.78 is 55.4. The van der Waals surface area contributed by atoms with Crippen molar-refractivity contribution in [2.24, 2.45) is 5.84 Å². The van der Waals surface area contributed by atoms with Gasteiger partial charge in [-0.05, 0) is 31.0 Å². The molecule has 1 aromatic rings. The molecule has 0 spiro atoms. The smallest absolute Gasteiger partial charge is 0.419 e. The van der Waals surface area contributed by atoms with Crippen LogP contribution in [0.5, 0.6) is 5.75 Å². The average Bonchev–Trinajstić information content (AvgIpc) is 2.38. The van der Waals surface area contributed by atoms with Crippen LogP contribution in [-0.4, -0.2) is 12.5 Å². The molecule has 0 fully saturated rings. The van der Waals surface area contributed by atoms with Crippen LogP contribution in [0.3, 0.4) is 0 Å². The molecule has 0 saturated carbocycles. The number of hydrogen-bond donors (Lipinski definition) is 2. The molecule has 4 nitrogen and oxygen atoms in total. The number of halogens is 4. The predicted molar refractivity (Wildman–Crippen MR) is 63.1 cm³/mol. The van der Waals surface area contributed by atoms with E-state index in [4.69, 9.17) is 10.6 Å². The van der Waals surface area contributed by atoms with Gasteiger partial charge in [-0.15, -0.1) is 0 Å². The first kappa shape index (κ1) is 16.2. The zero-order valence-electron chi connectivity index (χ0n) is 10.5. The highest BCUT2D eigenvalue weighted by atomic mass is 19.4. The van der Waals surface area contributed by atoms with E-state index in [1.54, 1.807) is 0 Å². The molecular formula is C12H14F4N2O2. The number of nitrogens with two attached hydrogens (primary N) is 1. The van der Waals surface area contributed by atoms with Crippen molar-refractivity contribution >= 4 is 5.91 Å². The molecule has 20 heavy (non-hydrogen) atoms. The van der Waals surface area contributed by atoms with Gasteiger partial charge in [0.2, 0.25) is 5.91 Å². The molecule has 0 saturated heterocycles. The third-order valence-corrected chi connectivity index (χ3v) is 2.47. The van der Waals surface area contributed by atoms with Gasteiger partial charge in [0, 0.05) is 6.42 Å². The van der Waals surface area contributed by atoms with Crippen molar-refractivity contribution < 1.29 is 27.1 Å². The Kier molecular flexibility index (Phi) is 5.75. The second-order valence-electron chi connectivity index (χ2n) is 4.01. The predicted octanol–water partition coefficient (Wildman–Crippen LogP) is 2.38. The third kappa shape index (κ3) is 5.04. The molecule has 0 aromatic heterocycles. The van der Waals surface area contributed by atoms with Gasteiger partial charge in [-0.3, -0.25) is 10.2 Å². The zero-order valence-corrected chi connectivity index (χ0v) is 10.5. The normalized spacial score (nSPS) is 11.2. The quantitative estimate of drug-likeness (QED) is 0.278. The maximum atomic E-state index is 13.0. The summed E-state index contributed by atoms with van der Waals surface area (Å²) in [5.41, 5.74) is 0.594. The summed E-state index contributed by atoms with van der Waals surface area (Å²) in [6.07, 6.45) is -3.61. The summed E-state index contributed by atoms with van der Waals surface area (Å²) in [6, 6.07) is 2.44. The summed E-state index contributed by atoms with van der Waals surface area (Å²) in [7, 11) is 0. The van der Waals surface area contributed by atoms with Gasteiger partial charge in [-0.2, -0.15) is 13.2 Å². The molecular weight excluding hydrogens is 280 g/mol. The standard InChI is InChI=1S/C12H14F4N2O2/c13-10-5-4-8(7-9(10)12(14,15)16)20-6-2-1-3-11(19)18-17/h4-5,7H,1-3,6,17H2,(H,18,19). The summed E-state index contributed by atoms with van der Waals surface area (Å²) in [5, 5.41) is 0. The summed E-state index contributed by atoms with van der Waals surface area (Å²) >= 11 is 0. The lowest BCUT2D eigenvalue weighted by Gasteiger charge is -2.11. The first-order valence-electron chi connectivity index (χ1n) is 5.83. The molecule has 1 amide bonds. The lowest BCUT2D eigenvalue weighted by Crippen LogP contribution is -2.29. The summed E-state index contributed by atoms with van der Waals surface area (Å²) in [5.74, 6) is 3.14. The van der Waals surface area contributed by atoms with E-state index in [0.717, 1.165) is 6.07 Å². The number of nitrogens with one attached hydrogen (secondary N) is 1. The van der Waals surface area contributed by atoms with Crippen molar-refractivity contribution in [2.75, 3.05) is 6.61 Å². The van der Waals surface area contributed by atoms with Crippen LogP contribution in [0, 0.1) is 5.82 Å². The fourth-order valence-electron chi connectivity index (χ4n) is 1.46. The molecule has 3 N–H and O–H groups in total. The van der Waals surface area contributed by atoms with Crippen LogP contribution >= 0.6 is 0 Å². The topological polar surface area (TPSA) is 64.3 Å². The van der Waals surface area contributed by atoms with E-state index in [-0.39, 0.29) is 24.7 Å². The maximum Gasteiger partial charge on any atom is 0.419 e. The maximum absolute atomic E-state index is 13.0. The van der Waals surface area contributed by atoms with E-state index in [0.29, 0.717) is 25.0 Å². The van der Waals surface area contributed by atoms with E-state index in [2.05, 4.69) is 0 Å². The van der Waals surface area contributed by atoms with Gasteiger partial charge in [0.05, 0.1) is 12.2 Å². The number of rotatable bonds is 6. The van der Waals surface area contributed by atoms with Gasteiger partial charge in [0.25, 0.3) is 0 Å². The van der Waals surface area contributed by atoms with Crippen molar-refractivity contribution in [1.29, 1.82) is 0 Å². The zero-order chi connectivity index (χ0) is 15.2. The number of ether oxygens (including phenoxy) is 1. The Morgan fingerprint density at radius 3 is 2.60 bits per heavy atom. The Bertz CT molecular complexity index is 463. The van der Waals surface area contributed by atoms with E-state index in [9.17, 15) is 22.4 Å². The minimum atomic E-state index is -4.76. The number of amides is 1. The number of carbonyl (C=O) groups excluding carboxylic acids is 1. The fraction of sp³-hybridized carbons (Fsp3) is 0.417. The highest BCUT2D eigenvalue weighted by Crippen LogP contribution is 2.33. The molecule has 0 aliphatic heterocycles. The number of unbranched alkanes of at least 4 members (excludes halogenated alkanes) is 1. The van der Waals surface area contributed by atoms with E-state index in [1.165, 1.54) is 0 Å². The van der Waals surface area contributed by atoms with Crippen molar-refractivity contribution in [3.8, 4) is 5.75 Å². The SMILES string of the molecule is NNC(=O)CCCCOc1ccc(F)c(C(F)(F)F)c1. The van der Waals surface area contributed by atoms with E-state index < -0.39 is 17.6 Å². The molecule has 1 rings (SSSR count). The van der Waals surface area contributed by atoms with Gasteiger partial charge in [0.1, 0.15) is 11.6 Å². The monoisotopic (exact) mass is 294 g/mol. The number of alkyl halides is 3. The van der Waals surface area contributed by atoms with E-state index >= 15 is 0 Å². The molecule has 8 heteroatoms. The van der Waals surface area contributed by atoms with Crippen LogP contribution in [0.25, 0.3) is 0 Å². The number of hydrazine groups is 1. The second-order valence-corrected chi connectivity index (χ2v) is 4.01. The molecule has 0 atom stereocenters. The number of hydrogen-bond acceptors (Lipinski definition) is 3. The minimum Gasteiger partial charge on any atom is -0.494 e. The Morgan fingerprint density at radius 1 is 1.30 bits per heavy atom. The third-order valence-electron chi connectivity index (χ3n) is 2.47.